The Kier molecular flexibility index (Phi) is 11.1. The molecule has 20 aromatic rings. The summed E-state index contributed by atoms with van der Waals surface area (Å²) in [5.74, 6) is 0. The number of alkyl halides is 3. The Morgan fingerprint density at radius 2 is 0.537 bits per heavy atom. The van der Waals surface area contributed by atoms with Crippen LogP contribution in [-0.2, 0) is 6.18 Å². The molecule has 0 bridgehead atoms. The van der Waals surface area contributed by atoms with E-state index in [0.717, 1.165) is 154 Å². The lowest BCUT2D eigenvalue weighted by Gasteiger charge is -2.32. The third-order valence-electron chi connectivity index (χ3n) is 20.0. The molecule has 9 heteroatoms. The van der Waals surface area contributed by atoms with Crippen LogP contribution in [0.25, 0.3) is 176 Å². The highest BCUT2D eigenvalue weighted by Crippen LogP contribution is 2.56. The minimum atomic E-state index is -4.72. The molecule has 0 saturated carbocycles. The SMILES string of the molecule is Cc1cc(-c2c(-n3c4ccccc4c4ccccc43)c(-n3c4ccccc4c4ccccc43)c(-n3c4ccccc4c4ccc5c(c6ccccc6n5-c5ccccc5)c43)c(-n3c4ccccc4c4ccccc43)c2-n2c3ccccc3c3ccccc32)cc(C(F)(F)F)c1. The van der Waals surface area contributed by atoms with Crippen molar-refractivity contribution in [3.63, 3.8) is 0 Å². The number of para-hydroxylation sites is 11. The van der Waals surface area contributed by atoms with Crippen molar-refractivity contribution in [2.75, 3.05) is 0 Å². The molecule has 0 atom stereocenters. The summed E-state index contributed by atoms with van der Waals surface area (Å²) in [4.78, 5) is 0. The fourth-order valence-electron chi connectivity index (χ4n) is 16.4. The normalized spacial score (nSPS) is 12.4. The maximum absolute atomic E-state index is 16.4. The van der Waals surface area contributed by atoms with Gasteiger partial charge in [-0.2, -0.15) is 13.2 Å². The Hall–Kier alpha value is -12.3. The van der Waals surface area contributed by atoms with Crippen LogP contribution in [0.3, 0.4) is 0 Å². The molecule has 0 unspecified atom stereocenters. The summed E-state index contributed by atoms with van der Waals surface area (Å²) >= 11 is 0. The Labute approximate surface area is 541 Å². The van der Waals surface area contributed by atoms with Gasteiger partial charge in [-0.05, 0) is 109 Å². The summed E-state index contributed by atoms with van der Waals surface area (Å²) in [5, 5.41) is 12.3. The minimum absolute atomic E-state index is 0.400. The molecule has 6 nitrogen and oxygen atoms in total. The zero-order valence-electron chi connectivity index (χ0n) is 51.2. The third-order valence-corrected chi connectivity index (χ3v) is 20.0. The molecule has 0 fully saturated rings. The summed E-state index contributed by atoms with van der Waals surface area (Å²) in [6.07, 6.45) is -4.72. The molecule has 6 heterocycles. The summed E-state index contributed by atoms with van der Waals surface area (Å²) in [7, 11) is 0. The van der Waals surface area contributed by atoms with E-state index in [9.17, 15) is 0 Å². The van der Waals surface area contributed by atoms with E-state index in [-0.39, 0.29) is 0 Å². The number of hydrogen-bond donors (Lipinski definition) is 0. The minimum Gasteiger partial charge on any atom is -0.309 e. The number of aromatic nitrogens is 6. The van der Waals surface area contributed by atoms with Crippen molar-refractivity contribution < 1.29 is 13.2 Å². The van der Waals surface area contributed by atoms with Crippen molar-refractivity contribution in [1.82, 2.24) is 27.4 Å². The van der Waals surface area contributed by atoms with Crippen molar-refractivity contribution in [1.29, 1.82) is 0 Å². The average molecular weight is 1230 g/mol. The van der Waals surface area contributed by atoms with Crippen LogP contribution in [0.15, 0.2) is 303 Å². The fraction of sp³-hybridized carbons (Fsp3) is 0.0233. The van der Waals surface area contributed by atoms with E-state index in [2.05, 4.69) is 313 Å². The lowest BCUT2D eigenvalue weighted by molar-refractivity contribution is -0.137. The van der Waals surface area contributed by atoms with E-state index in [1.807, 2.05) is 6.07 Å². The topological polar surface area (TPSA) is 29.6 Å². The maximum atomic E-state index is 16.4. The zero-order chi connectivity index (χ0) is 62.9. The van der Waals surface area contributed by atoms with Gasteiger partial charge in [-0.1, -0.05) is 212 Å². The van der Waals surface area contributed by atoms with E-state index in [1.165, 1.54) is 12.1 Å². The number of halogens is 3. The van der Waals surface area contributed by atoms with E-state index in [1.54, 1.807) is 6.92 Å². The first-order valence-electron chi connectivity index (χ1n) is 32.2. The Bertz CT molecular complexity index is 6200. The molecular formula is C86H53F3N6. The second-order valence-electron chi connectivity index (χ2n) is 25.1. The first-order chi connectivity index (χ1) is 46.8. The van der Waals surface area contributed by atoms with Crippen LogP contribution in [0, 0.1) is 6.92 Å². The molecule has 0 aliphatic rings. The predicted octanol–water partition coefficient (Wildman–Crippen LogP) is 23.3. The molecule has 0 aliphatic carbocycles. The highest BCUT2D eigenvalue weighted by atomic mass is 19.4. The van der Waals surface area contributed by atoms with Gasteiger partial charge in [0.2, 0.25) is 0 Å². The first-order valence-corrected chi connectivity index (χ1v) is 32.2. The van der Waals surface area contributed by atoms with Crippen molar-refractivity contribution >= 4 is 131 Å². The number of fused-ring (bicyclic) bond motifs is 19. The molecule has 448 valence electrons. The largest absolute Gasteiger partial charge is 0.416 e. The molecule has 95 heavy (non-hydrogen) atoms. The van der Waals surface area contributed by atoms with E-state index in [0.29, 0.717) is 28.1 Å². The van der Waals surface area contributed by atoms with Gasteiger partial charge >= 0.3 is 6.18 Å². The number of hydrogen-bond acceptors (Lipinski definition) is 0. The molecule has 0 amide bonds. The van der Waals surface area contributed by atoms with Gasteiger partial charge in [-0.15, -0.1) is 0 Å². The van der Waals surface area contributed by atoms with Crippen LogP contribution < -0.4 is 0 Å². The van der Waals surface area contributed by atoms with Crippen molar-refractivity contribution in [3.8, 4) is 45.3 Å². The number of rotatable bonds is 7. The fourth-order valence-corrected chi connectivity index (χ4v) is 16.4. The van der Waals surface area contributed by atoms with Gasteiger partial charge in [0.1, 0.15) is 0 Å². The quantitative estimate of drug-likeness (QED) is 0.152. The number of aryl methyl sites for hydroxylation is 1. The monoisotopic (exact) mass is 1230 g/mol. The van der Waals surface area contributed by atoms with Crippen LogP contribution in [0.1, 0.15) is 11.1 Å². The number of nitrogens with zero attached hydrogens (tertiary/aromatic N) is 6. The second kappa shape index (κ2) is 19.8. The van der Waals surface area contributed by atoms with Gasteiger partial charge in [0.25, 0.3) is 0 Å². The maximum Gasteiger partial charge on any atom is 0.416 e. The summed E-state index contributed by atoms with van der Waals surface area (Å²) in [6, 6.07) is 106. The van der Waals surface area contributed by atoms with Crippen LogP contribution in [0.5, 0.6) is 0 Å². The van der Waals surface area contributed by atoms with Crippen LogP contribution in [0.4, 0.5) is 13.2 Å². The second-order valence-corrected chi connectivity index (χ2v) is 25.1. The Morgan fingerprint density at radius 1 is 0.242 bits per heavy atom. The van der Waals surface area contributed by atoms with E-state index in [4.69, 9.17) is 0 Å². The molecule has 14 aromatic carbocycles. The molecule has 0 aliphatic heterocycles. The standard InChI is InChI=1S/C86H53F3N6/c1-52-49-53(51-54(50-52)86(87,88)89)78-81(91-67-37-15-5-27-56(67)57-28-6-16-38-68(57)91)83(93-71-41-19-9-31-60(71)61-32-10-20-42-72(61)93)85(95-75-45-23-13-35-64(75)65-47-48-77-79(80(65)95)66-36-14-24-46-76(66)90(77)55-25-3-2-4-26-55)84(94-73-43-21-11-33-62(73)63-34-12-22-44-74(63)94)82(78)92-69-39-17-7-29-58(69)59-30-8-18-40-70(59)92/h2-51H,1H3. The molecule has 20 rings (SSSR count). The predicted molar refractivity (Wildman–Crippen MR) is 388 cm³/mol. The Balaban J connectivity index is 1.20. The third kappa shape index (κ3) is 7.40. The summed E-state index contributed by atoms with van der Waals surface area (Å²) in [5.41, 5.74) is 16.7. The Morgan fingerprint density at radius 3 is 0.905 bits per heavy atom. The van der Waals surface area contributed by atoms with Crippen LogP contribution in [-0.4, -0.2) is 27.4 Å². The molecule has 0 spiro atoms. The molecule has 6 aromatic heterocycles. The smallest absolute Gasteiger partial charge is 0.309 e. The molecule has 0 saturated heterocycles. The first kappa shape index (κ1) is 53.3. The summed E-state index contributed by atoms with van der Waals surface area (Å²) in [6.45, 7) is 1.80. The van der Waals surface area contributed by atoms with Crippen molar-refractivity contribution in [2.24, 2.45) is 0 Å². The van der Waals surface area contributed by atoms with E-state index < -0.39 is 11.7 Å². The molecular weight excluding hydrogens is 1170 g/mol. The van der Waals surface area contributed by atoms with Gasteiger partial charge in [-0.3, -0.25) is 0 Å². The van der Waals surface area contributed by atoms with Gasteiger partial charge in [-0.25, -0.2) is 0 Å². The molecule has 0 radical (unpaired) electrons. The van der Waals surface area contributed by atoms with Gasteiger partial charge in [0, 0.05) is 75.9 Å². The number of benzene rings is 14. The van der Waals surface area contributed by atoms with Crippen LogP contribution in [0.2, 0.25) is 0 Å². The van der Waals surface area contributed by atoms with Gasteiger partial charge in [0.15, 0.2) is 0 Å². The highest BCUT2D eigenvalue weighted by Gasteiger charge is 2.39. The van der Waals surface area contributed by atoms with Crippen LogP contribution >= 0.6 is 0 Å². The van der Waals surface area contributed by atoms with Crippen molar-refractivity contribution in [2.45, 2.75) is 13.1 Å². The average Bonchev–Trinajstić information content (AvgIpc) is 1.57. The van der Waals surface area contributed by atoms with Crippen molar-refractivity contribution in [3.05, 3.63) is 314 Å². The molecule has 0 N–H and O–H groups in total. The zero-order valence-corrected chi connectivity index (χ0v) is 51.2. The lowest BCUT2D eigenvalue weighted by atomic mass is 9.92. The van der Waals surface area contributed by atoms with Gasteiger partial charge in [0.05, 0.1) is 100 Å². The summed E-state index contributed by atoms with van der Waals surface area (Å²) < 4.78 is 63.9. The van der Waals surface area contributed by atoms with E-state index >= 15 is 13.2 Å². The highest BCUT2D eigenvalue weighted by molar-refractivity contribution is 6.27. The van der Waals surface area contributed by atoms with Gasteiger partial charge < -0.3 is 27.4 Å². The lowest BCUT2D eigenvalue weighted by Crippen LogP contribution is -2.18.